The van der Waals surface area contributed by atoms with Crippen molar-refractivity contribution in [3.8, 4) is 5.69 Å². The van der Waals surface area contributed by atoms with Crippen LogP contribution in [-0.4, -0.2) is 27.1 Å². The van der Waals surface area contributed by atoms with Crippen LogP contribution < -0.4 is 5.43 Å². The fraction of sp³-hybridized carbons (Fsp3) is 0.105. The van der Waals surface area contributed by atoms with Gasteiger partial charge in [-0.1, -0.05) is 24.3 Å². The number of carboxylic acid groups (broad SMARTS) is 1. The number of hydrogen-bond donors (Lipinski definition) is 2. The molecule has 2 aromatic carbocycles. The van der Waals surface area contributed by atoms with Gasteiger partial charge in [-0.05, 0) is 44.2 Å². The summed E-state index contributed by atoms with van der Waals surface area (Å²) in [6, 6.07) is 16.4. The van der Waals surface area contributed by atoms with Gasteiger partial charge < -0.3 is 5.11 Å². The third-order valence-electron chi connectivity index (χ3n) is 3.84. The second-order valence-corrected chi connectivity index (χ2v) is 5.59. The Morgan fingerprint density at radius 3 is 2.64 bits per heavy atom. The van der Waals surface area contributed by atoms with E-state index in [4.69, 9.17) is 5.11 Å². The quantitative estimate of drug-likeness (QED) is 0.551. The standard InChI is InChI=1S/C19H18N4O2/c1-13-18(14(2)23(22-13)17-9-4-3-5-10-17)12-20-21-16-8-6-7-15(11-16)19(24)25/h3-12,21H,1-2H3,(H,24,25). The number of hydrazone groups is 1. The Morgan fingerprint density at radius 1 is 1.16 bits per heavy atom. The molecule has 1 aromatic heterocycles. The van der Waals surface area contributed by atoms with Crippen LogP contribution in [0.3, 0.4) is 0 Å². The molecule has 3 aromatic rings. The monoisotopic (exact) mass is 334 g/mol. The maximum atomic E-state index is 11.0. The molecule has 2 N–H and O–H groups in total. The first-order chi connectivity index (χ1) is 12.1. The first kappa shape index (κ1) is 16.4. The Hall–Kier alpha value is -3.41. The predicted octanol–water partition coefficient (Wildman–Crippen LogP) is 3.63. The summed E-state index contributed by atoms with van der Waals surface area (Å²) in [5.74, 6) is -0.969. The van der Waals surface area contributed by atoms with Crippen molar-refractivity contribution in [1.82, 2.24) is 9.78 Å². The summed E-state index contributed by atoms with van der Waals surface area (Å²) < 4.78 is 1.88. The highest BCUT2D eigenvalue weighted by atomic mass is 16.4. The number of carboxylic acids is 1. The van der Waals surface area contributed by atoms with Crippen molar-refractivity contribution in [2.24, 2.45) is 5.10 Å². The van der Waals surface area contributed by atoms with Crippen molar-refractivity contribution < 1.29 is 9.90 Å². The Bertz CT molecular complexity index is 930. The minimum absolute atomic E-state index is 0.212. The highest BCUT2D eigenvalue weighted by molar-refractivity contribution is 5.89. The van der Waals surface area contributed by atoms with Gasteiger partial charge >= 0.3 is 5.97 Å². The molecule has 0 bridgehead atoms. The van der Waals surface area contributed by atoms with Crippen molar-refractivity contribution in [3.63, 3.8) is 0 Å². The van der Waals surface area contributed by atoms with Crippen LogP contribution in [0, 0.1) is 13.8 Å². The second kappa shape index (κ2) is 7.00. The lowest BCUT2D eigenvalue weighted by molar-refractivity contribution is 0.0697. The average Bonchev–Trinajstić information content (AvgIpc) is 2.91. The SMILES string of the molecule is Cc1nn(-c2ccccc2)c(C)c1C=NNc1cccc(C(=O)O)c1. The maximum Gasteiger partial charge on any atom is 0.335 e. The largest absolute Gasteiger partial charge is 0.478 e. The maximum absolute atomic E-state index is 11.0. The number of nitrogens with one attached hydrogen (secondary N) is 1. The second-order valence-electron chi connectivity index (χ2n) is 5.59. The molecule has 6 nitrogen and oxygen atoms in total. The minimum atomic E-state index is -0.969. The van der Waals surface area contributed by atoms with Gasteiger partial charge in [0, 0.05) is 5.56 Å². The van der Waals surface area contributed by atoms with Crippen LogP contribution in [0.4, 0.5) is 5.69 Å². The number of aryl methyl sites for hydroxylation is 1. The number of nitrogens with zero attached hydrogens (tertiary/aromatic N) is 3. The van der Waals surface area contributed by atoms with E-state index in [1.54, 1.807) is 18.3 Å². The van der Waals surface area contributed by atoms with Gasteiger partial charge in [0.05, 0.1) is 34.5 Å². The van der Waals surface area contributed by atoms with Gasteiger partial charge in [0.2, 0.25) is 0 Å². The molecule has 0 unspecified atom stereocenters. The third-order valence-corrected chi connectivity index (χ3v) is 3.84. The lowest BCUT2D eigenvalue weighted by Gasteiger charge is -2.04. The fourth-order valence-corrected chi connectivity index (χ4v) is 2.56. The molecular formula is C19H18N4O2. The van der Waals surface area contributed by atoms with Gasteiger partial charge in [0.1, 0.15) is 0 Å². The highest BCUT2D eigenvalue weighted by Gasteiger charge is 2.10. The van der Waals surface area contributed by atoms with E-state index in [-0.39, 0.29) is 5.56 Å². The van der Waals surface area contributed by atoms with Crippen LogP contribution in [0.2, 0.25) is 0 Å². The Labute approximate surface area is 145 Å². The topological polar surface area (TPSA) is 79.5 Å². The van der Waals surface area contributed by atoms with E-state index in [0.717, 1.165) is 22.6 Å². The van der Waals surface area contributed by atoms with Gasteiger partial charge in [-0.25, -0.2) is 9.48 Å². The minimum Gasteiger partial charge on any atom is -0.478 e. The van der Waals surface area contributed by atoms with Crippen molar-refractivity contribution in [1.29, 1.82) is 0 Å². The van der Waals surface area contributed by atoms with E-state index in [1.807, 2.05) is 48.9 Å². The number of carbonyl (C=O) groups is 1. The van der Waals surface area contributed by atoms with E-state index in [0.29, 0.717) is 5.69 Å². The molecule has 25 heavy (non-hydrogen) atoms. The number of aromatic carboxylic acids is 1. The van der Waals surface area contributed by atoms with Crippen molar-refractivity contribution in [2.75, 3.05) is 5.43 Å². The Morgan fingerprint density at radius 2 is 1.92 bits per heavy atom. The lowest BCUT2D eigenvalue weighted by Crippen LogP contribution is -1.99. The molecule has 0 aliphatic heterocycles. The molecule has 0 atom stereocenters. The van der Waals surface area contributed by atoms with E-state index in [2.05, 4.69) is 15.6 Å². The lowest BCUT2D eigenvalue weighted by atomic mass is 10.2. The van der Waals surface area contributed by atoms with Crippen molar-refractivity contribution in [2.45, 2.75) is 13.8 Å². The number of benzene rings is 2. The first-order valence-electron chi connectivity index (χ1n) is 7.80. The summed E-state index contributed by atoms with van der Waals surface area (Å²) in [7, 11) is 0. The Balaban J connectivity index is 1.82. The first-order valence-corrected chi connectivity index (χ1v) is 7.80. The van der Waals surface area contributed by atoms with Crippen LogP contribution in [0.1, 0.15) is 27.3 Å². The fourth-order valence-electron chi connectivity index (χ4n) is 2.56. The zero-order chi connectivity index (χ0) is 17.8. The van der Waals surface area contributed by atoms with E-state index in [9.17, 15) is 4.79 Å². The molecule has 0 aliphatic carbocycles. The number of hydrogen-bond acceptors (Lipinski definition) is 4. The molecule has 0 amide bonds. The summed E-state index contributed by atoms with van der Waals surface area (Å²) in [6.07, 6.45) is 1.70. The molecule has 3 rings (SSSR count). The predicted molar refractivity (Wildman–Crippen MR) is 97.7 cm³/mol. The van der Waals surface area contributed by atoms with Crippen LogP contribution >= 0.6 is 0 Å². The highest BCUT2D eigenvalue weighted by Crippen LogP contribution is 2.16. The smallest absolute Gasteiger partial charge is 0.335 e. The summed E-state index contributed by atoms with van der Waals surface area (Å²) in [5, 5.41) is 17.8. The molecule has 6 heteroatoms. The summed E-state index contributed by atoms with van der Waals surface area (Å²) >= 11 is 0. The molecule has 0 saturated heterocycles. The molecule has 0 fully saturated rings. The Kier molecular flexibility index (Phi) is 4.61. The van der Waals surface area contributed by atoms with E-state index >= 15 is 0 Å². The summed E-state index contributed by atoms with van der Waals surface area (Å²) in [6.45, 7) is 3.91. The molecule has 0 spiro atoms. The van der Waals surface area contributed by atoms with Gasteiger partial charge in [-0.3, -0.25) is 5.43 Å². The van der Waals surface area contributed by atoms with Crippen molar-refractivity contribution in [3.05, 3.63) is 77.1 Å². The van der Waals surface area contributed by atoms with Gasteiger partial charge in [-0.15, -0.1) is 0 Å². The van der Waals surface area contributed by atoms with E-state index in [1.165, 1.54) is 12.1 Å². The van der Waals surface area contributed by atoms with Crippen molar-refractivity contribution >= 4 is 17.9 Å². The third kappa shape index (κ3) is 3.58. The van der Waals surface area contributed by atoms with Crippen LogP contribution in [-0.2, 0) is 0 Å². The molecule has 0 radical (unpaired) electrons. The summed E-state index contributed by atoms with van der Waals surface area (Å²) in [4.78, 5) is 11.0. The van der Waals surface area contributed by atoms with Crippen LogP contribution in [0.25, 0.3) is 5.69 Å². The van der Waals surface area contributed by atoms with E-state index < -0.39 is 5.97 Å². The zero-order valence-electron chi connectivity index (χ0n) is 14.0. The van der Waals surface area contributed by atoms with Gasteiger partial charge in [0.15, 0.2) is 0 Å². The average molecular weight is 334 g/mol. The normalized spacial score (nSPS) is 11.0. The molecule has 0 saturated carbocycles. The molecule has 126 valence electrons. The van der Waals surface area contributed by atoms with Gasteiger partial charge in [-0.2, -0.15) is 10.2 Å². The van der Waals surface area contributed by atoms with Gasteiger partial charge in [0.25, 0.3) is 0 Å². The summed E-state index contributed by atoms with van der Waals surface area (Å²) in [5.41, 5.74) is 7.45. The van der Waals surface area contributed by atoms with Crippen LogP contribution in [0.15, 0.2) is 59.7 Å². The molecule has 1 heterocycles. The number of rotatable bonds is 5. The molecular weight excluding hydrogens is 316 g/mol. The molecule has 0 aliphatic rings. The number of aromatic nitrogens is 2. The zero-order valence-corrected chi connectivity index (χ0v) is 14.0. The number of para-hydroxylation sites is 1. The van der Waals surface area contributed by atoms with Crippen LogP contribution in [0.5, 0.6) is 0 Å². The number of anilines is 1.